The van der Waals surface area contributed by atoms with E-state index < -0.39 is 0 Å². The molecule has 0 aromatic heterocycles. The Morgan fingerprint density at radius 2 is 2.20 bits per heavy atom. The number of halogens is 1. The standard InChI is InChI=1S/C13H19ClO/c1-3-5-12(10-14)8-11-6-4-7-13(9-11)15-2/h4,6-7,9,12H,3,5,8,10H2,1-2H3. The van der Waals surface area contributed by atoms with Crippen molar-refractivity contribution in [2.45, 2.75) is 26.2 Å². The van der Waals surface area contributed by atoms with E-state index in [1.165, 1.54) is 18.4 Å². The lowest BCUT2D eigenvalue weighted by molar-refractivity contribution is 0.413. The molecule has 0 amide bonds. The minimum absolute atomic E-state index is 0.587. The lowest BCUT2D eigenvalue weighted by atomic mass is 9.97. The van der Waals surface area contributed by atoms with Crippen LogP contribution in [0.3, 0.4) is 0 Å². The van der Waals surface area contributed by atoms with Crippen molar-refractivity contribution in [2.75, 3.05) is 13.0 Å². The fourth-order valence-electron chi connectivity index (χ4n) is 1.77. The lowest BCUT2D eigenvalue weighted by Gasteiger charge is -2.13. The first-order valence-corrected chi connectivity index (χ1v) is 6.02. The Labute approximate surface area is 97.4 Å². The van der Waals surface area contributed by atoms with E-state index in [9.17, 15) is 0 Å². The van der Waals surface area contributed by atoms with Crippen LogP contribution in [-0.2, 0) is 6.42 Å². The van der Waals surface area contributed by atoms with E-state index in [0.717, 1.165) is 18.1 Å². The first-order chi connectivity index (χ1) is 7.30. The van der Waals surface area contributed by atoms with Gasteiger partial charge in [0, 0.05) is 5.88 Å². The molecule has 0 radical (unpaired) electrons. The molecule has 84 valence electrons. The molecule has 0 saturated carbocycles. The van der Waals surface area contributed by atoms with Gasteiger partial charge in [-0.25, -0.2) is 0 Å². The van der Waals surface area contributed by atoms with Crippen molar-refractivity contribution in [1.29, 1.82) is 0 Å². The number of ether oxygens (including phenoxy) is 1. The van der Waals surface area contributed by atoms with Crippen molar-refractivity contribution >= 4 is 11.6 Å². The predicted octanol–water partition coefficient (Wildman–Crippen LogP) is 3.89. The van der Waals surface area contributed by atoms with E-state index in [0.29, 0.717) is 5.92 Å². The van der Waals surface area contributed by atoms with Crippen LogP contribution in [-0.4, -0.2) is 13.0 Å². The molecule has 1 unspecified atom stereocenters. The molecule has 0 aliphatic heterocycles. The van der Waals surface area contributed by atoms with Crippen molar-refractivity contribution < 1.29 is 4.74 Å². The Hall–Kier alpha value is -0.690. The van der Waals surface area contributed by atoms with Crippen LogP contribution < -0.4 is 4.74 Å². The third kappa shape index (κ3) is 4.13. The molecule has 0 bridgehead atoms. The monoisotopic (exact) mass is 226 g/mol. The minimum atomic E-state index is 0.587. The van der Waals surface area contributed by atoms with E-state index in [1.807, 2.05) is 12.1 Å². The molecule has 1 rings (SSSR count). The van der Waals surface area contributed by atoms with Gasteiger partial charge in [-0.3, -0.25) is 0 Å². The van der Waals surface area contributed by atoms with Crippen molar-refractivity contribution in [1.82, 2.24) is 0 Å². The normalized spacial score (nSPS) is 12.5. The Morgan fingerprint density at radius 3 is 2.80 bits per heavy atom. The summed E-state index contributed by atoms with van der Waals surface area (Å²) in [6, 6.07) is 8.23. The van der Waals surface area contributed by atoms with Crippen molar-refractivity contribution in [3.05, 3.63) is 29.8 Å². The number of benzene rings is 1. The highest BCUT2D eigenvalue weighted by molar-refractivity contribution is 6.18. The van der Waals surface area contributed by atoms with Gasteiger partial charge in [0.1, 0.15) is 5.75 Å². The lowest BCUT2D eigenvalue weighted by Crippen LogP contribution is -2.06. The molecule has 0 spiro atoms. The van der Waals surface area contributed by atoms with Crippen LogP contribution in [0, 0.1) is 5.92 Å². The highest BCUT2D eigenvalue weighted by Gasteiger charge is 2.07. The van der Waals surface area contributed by atoms with Gasteiger partial charge in [-0.2, -0.15) is 0 Å². The van der Waals surface area contributed by atoms with Crippen LogP contribution in [0.5, 0.6) is 5.75 Å². The van der Waals surface area contributed by atoms with Crippen molar-refractivity contribution in [2.24, 2.45) is 5.92 Å². The SMILES string of the molecule is CCCC(CCl)Cc1cccc(OC)c1. The van der Waals surface area contributed by atoms with Gasteiger partial charge >= 0.3 is 0 Å². The molecule has 1 aromatic rings. The van der Waals surface area contributed by atoms with E-state index in [4.69, 9.17) is 16.3 Å². The number of methoxy groups -OCH3 is 1. The predicted molar refractivity (Wildman–Crippen MR) is 65.8 cm³/mol. The van der Waals surface area contributed by atoms with Crippen LogP contribution in [0.15, 0.2) is 24.3 Å². The summed E-state index contributed by atoms with van der Waals surface area (Å²) in [7, 11) is 1.70. The summed E-state index contributed by atoms with van der Waals surface area (Å²) in [5.74, 6) is 2.26. The zero-order valence-corrected chi connectivity index (χ0v) is 10.3. The van der Waals surface area contributed by atoms with Gasteiger partial charge in [-0.15, -0.1) is 11.6 Å². The average molecular weight is 227 g/mol. The number of alkyl halides is 1. The zero-order valence-electron chi connectivity index (χ0n) is 9.50. The summed E-state index contributed by atoms with van der Waals surface area (Å²) in [5, 5.41) is 0. The second-order valence-corrected chi connectivity index (χ2v) is 4.17. The van der Waals surface area contributed by atoms with Crippen LogP contribution in [0.4, 0.5) is 0 Å². The summed E-state index contributed by atoms with van der Waals surface area (Å²) < 4.78 is 5.20. The van der Waals surface area contributed by atoms with E-state index in [-0.39, 0.29) is 0 Å². The Bertz CT molecular complexity index is 286. The van der Waals surface area contributed by atoms with Gasteiger partial charge < -0.3 is 4.74 Å². The summed E-state index contributed by atoms with van der Waals surface area (Å²) in [5.41, 5.74) is 1.31. The maximum atomic E-state index is 5.94. The molecule has 0 N–H and O–H groups in total. The highest BCUT2D eigenvalue weighted by atomic mass is 35.5. The molecular formula is C13H19ClO. The summed E-state index contributed by atoms with van der Waals surface area (Å²) in [6.45, 7) is 2.20. The minimum Gasteiger partial charge on any atom is -0.497 e. The third-order valence-electron chi connectivity index (χ3n) is 2.57. The summed E-state index contributed by atoms with van der Waals surface area (Å²) >= 11 is 5.94. The van der Waals surface area contributed by atoms with Gasteiger partial charge in [-0.1, -0.05) is 25.5 Å². The first-order valence-electron chi connectivity index (χ1n) is 5.49. The van der Waals surface area contributed by atoms with Crippen LogP contribution in [0.2, 0.25) is 0 Å². The zero-order chi connectivity index (χ0) is 11.1. The van der Waals surface area contributed by atoms with E-state index in [1.54, 1.807) is 7.11 Å². The Balaban J connectivity index is 2.61. The van der Waals surface area contributed by atoms with E-state index in [2.05, 4.69) is 19.1 Å². The average Bonchev–Trinajstić information content (AvgIpc) is 2.29. The first kappa shape index (κ1) is 12.4. The largest absolute Gasteiger partial charge is 0.497 e. The van der Waals surface area contributed by atoms with Crippen molar-refractivity contribution in [3.63, 3.8) is 0 Å². The van der Waals surface area contributed by atoms with Gasteiger partial charge in [0.05, 0.1) is 7.11 Å². The van der Waals surface area contributed by atoms with E-state index >= 15 is 0 Å². The second-order valence-electron chi connectivity index (χ2n) is 3.86. The van der Waals surface area contributed by atoms with Crippen LogP contribution in [0.25, 0.3) is 0 Å². The van der Waals surface area contributed by atoms with Gasteiger partial charge in [-0.05, 0) is 36.5 Å². The molecule has 2 heteroatoms. The quantitative estimate of drug-likeness (QED) is 0.669. The number of rotatable bonds is 6. The van der Waals surface area contributed by atoms with Gasteiger partial charge in [0.15, 0.2) is 0 Å². The Morgan fingerprint density at radius 1 is 1.40 bits per heavy atom. The number of hydrogen-bond donors (Lipinski definition) is 0. The van der Waals surface area contributed by atoms with Crippen LogP contribution >= 0.6 is 11.6 Å². The third-order valence-corrected chi connectivity index (χ3v) is 3.01. The highest BCUT2D eigenvalue weighted by Crippen LogP contribution is 2.19. The number of hydrogen-bond acceptors (Lipinski definition) is 1. The fraction of sp³-hybridized carbons (Fsp3) is 0.538. The molecule has 0 heterocycles. The molecule has 0 saturated heterocycles. The molecule has 0 aliphatic rings. The van der Waals surface area contributed by atoms with Gasteiger partial charge in [0.25, 0.3) is 0 Å². The molecule has 15 heavy (non-hydrogen) atoms. The molecule has 1 nitrogen and oxygen atoms in total. The van der Waals surface area contributed by atoms with Crippen molar-refractivity contribution in [3.8, 4) is 5.75 Å². The maximum Gasteiger partial charge on any atom is 0.119 e. The smallest absolute Gasteiger partial charge is 0.119 e. The molecular weight excluding hydrogens is 208 g/mol. The summed E-state index contributed by atoms with van der Waals surface area (Å²) in [6.07, 6.45) is 3.44. The second kappa shape index (κ2) is 6.73. The maximum absolute atomic E-state index is 5.94. The fourth-order valence-corrected chi connectivity index (χ4v) is 2.04. The summed E-state index contributed by atoms with van der Waals surface area (Å²) in [4.78, 5) is 0. The Kier molecular flexibility index (Phi) is 5.56. The molecule has 0 fully saturated rings. The molecule has 0 aliphatic carbocycles. The van der Waals surface area contributed by atoms with Crippen LogP contribution in [0.1, 0.15) is 25.3 Å². The topological polar surface area (TPSA) is 9.23 Å². The van der Waals surface area contributed by atoms with Gasteiger partial charge in [0.2, 0.25) is 0 Å². The molecule has 1 aromatic carbocycles. The molecule has 1 atom stereocenters.